The first kappa shape index (κ1) is 29.6. The Hall–Kier alpha value is -3.58. The van der Waals surface area contributed by atoms with Gasteiger partial charge in [-0.1, -0.05) is 74.5 Å². The average Bonchev–Trinajstić information content (AvgIpc) is 2.85. The monoisotopic (exact) mass is 519 g/mol. The Balaban J connectivity index is 2.24. The highest BCUT2D eigenvalue weighted by molar-refractivity contribution is 5.82. The molecule has 2 aromatic carbocycles. The fraction of sp³-hybridized carbons (Fsp3) is 0.444. The summed E-state index contributed by atoms with van der Waals surface area (Å²) in [4.78, 5) is 25.9. The summed E-state index contributed by atoms with van der Waals surface area (Å²) in [5, 5.41) is 21.8. The normalized spacial score (nSPS) is 13.2. The number of amides is 2. The van der Waals surface area contributed by atoms with Gasteiger partial charge in [-0.25, -0.2) is 4.79 Å². The zero-order valence-corrected chi connectivity index (χ0v) is 20.9. The fourth-order valence-corrected chi connectivity index (χ4v) is 3.76. The summed E-state index contributed by atoms with van der Waals surface area (Å²) in [6.07, 6.45) is -6.85. The van der Waals surface area contributed by atoms with Gasteiger partial charge in [-0.05, 0) is 29.4 Å². The van der Waals surface area contributed by atoms with Crippen molar-refractivity contribution in [1.82, 2.24) is 10.2 Å². The second kappa shape index (κ2) is 13.7. The number of hydrogen-bond donors (Lipinski definition) is 2. The number of aliphatic hydroxyl groups excluding tert-OH is 1. The zero-order chi connectivity index (χ0) is 27.5. The molecule has 0 aliphatic rings. The van der Waals surface area contributed by atoms with Gasteiger partial charge >= 0.3 is 18.2 Å². The quantitative estimate of drug-likeness (QED) is 0.427. The van der Waals surface area contributed by atoms with E-state index in [1.165, 1.54) is 4.90 Å². The molecule has 10 heteroatoms. The first-order chi connectivity index (χ1) is 17.4. The molecule has 0 heterocycles. The lowest BCUT2D eigenvalue weighted by Gasteiger charge is -2.35. The van der Waals surface area contributed by atoms with Crippen molar-refractivity contribution < 1.29 is 32.6 Å². The van der Waals surface area contributed by atoms with E-state index in [1.54, 1.807) is 54.6 Å². The van der Waals surface area contributed by atoms with Crippen LogP contribution in [0.4, 0.5) is 18.0 Å². The number of halogens is 3. The molecule has 37 heavy (non-hydrogen) atoms. The van der Waals surface area contributed by atoms with Gasteiger partial charge in [-0.3, -0.25) is 4.79 Å². The van der Waals surface area contributed by atoms with Crippen molar-refractivity contribution in [3.05, 3.63) is 71.8 Å². The van der Waals surface area contributed by atoms with Crippen LogP contribution in [0.1, 0.15) is 37.8 Å². The summed E-state index contributed by atoms with van der Waals surface area (Å²) in [5.41, 5.74) is 0.784. The van der Waals surface area contributed by atoms with Gasteiger partial charge in [0.25, 0.3) is 0 Å². The van der Waals surface area contributed by atoms with Gasteiger partial charge in [0.2, 0.25) is 0 Å². The molecule has 0 fully saturated rings. The molecule has 0 spiro atoms. The Bertz CT molecular complexity index is 1040. The van der Waals surface area contributed by atoms with Crippen LogP contribution in [0.3, 0.4) is 0 Å². The van der Waals surface area contributed by atoms with Crippen molar-refractivity contribution in [2.75, 3.05) is 13.1 Å². The standard InChI is InChI=1S/C27H32F3N3O4/c1-26(2,14-9-15-31)19-33(25(36)37-18-21-12-7-4-8-13-21)17-23(34)22(32-24(35)27(28,29)30)16-20-10-5-3-6-11-20/h3-8,10-13,22-23,34H,9,14,16-19H2,1-2H3,(H,32,35)/t22?,23-/m1/s1. The maximum absolute atomic E-state index is 13.0. The number of ether oxygens (including phenoxy) is 1. The lowest BCUT2D eigenvalue weighted by atomic mass is 9.87. The second-order valence-electron chi connectivity index (χ2n) is 9.58. The second-order valence-corrected chi connectivity index (χ2v) is 9.58. The molecule has 200 valence electrons. The Kier molecular flexibility index (Phi) is 10.9. The fourth-order valence-electron chi connectivity index (χ4n) is 3.76. The molecule has 2 aromatic rings. The highest BCUT2D eigenvalue weighted by Crippen LogP contribution is 2.25. The van der Waals surface area contributed by atoms with E-state index in [0.29, 0.717) is 12.0 Å². The minimum atomic E-state index is -5.14. The summed E-state index contributed by atoms with van der Waals surface area (Å²) >= 11 is 0. The summed E-state index contributed by atoms with van der Waals surface area (Å²) in [7, 11) is 0. The third-order valence-electron chi connectivity index (χ3n) is 5.74. The van der Waals surface area contributed by atoms with Crippen molar-refractivity contribution in [3.63, 3.8) is 0 Å². The molecule has 0 aromatic heterocycles. The molecule has 2 N–H and O–H groups in total. The van der Waals surface area contributed by atoms with E-state index < -0.39 is 35.7 Å². The van der Waals surface area contributed by atoms with E-state index in [2.05, 4.69) is 6.07 Å². The molecule has 0 bridgehead atoms. The molecule has 0 saturated carbocycles. The molecule has 0 radical (unpaired) electrons. The van der Waals surface area contributed by atoms with Crippen molar-refractivity contribution in [1.29, 1.82) is 5.26 Å². The molecular weight excluding hydrogens is 487 g/mol. The number of nitrogens with zero attached hydrogens (tertiary/aromatic N) is 2. The smallest absolute Gasteiger partial charge is 0.445 e. The molecular formula is C27H32F3N3O4. The lowest BCUT2D eigenvalue weighted by Crippen LogP contribution is -2.54. The molecule has 0 saturated heterocycles. The number of hydrogen-bond acceptors (Lipinski definition) is 5. The van der Waals surface area contributed by atoms with Gasteiger partial charge in [0.1, 0.15) is 6.61 Å². The van der Waals surface area contributed by atoms with E-state index in [4.69, 9.17) is 10.00 Å². The minimum Gasteiger partial charge on any atom is -0.445 e. The van der Waals surface area contributed by atoms with E-state index >= 15 is 0 Å². The van der Waals surface area contributed by atoms with Crippen LogP contribution in [0.5, 0.6) is 0 Å². The van der Waals surface area contributed by atoms with Crippen molar-refractivity contribution in [3.8, 4) is 6.07 Å². The van der Waals surface area contributed by atoms with E-state index in [0.717, 1.165) is 5.56 Å². The molecule has 0 aliphatic carbocycles. The first-order valence-electron chi connectivity index (χ1n) is 11.8. The number of carbonyl (C=O) groups is 2. The van der Waals surface area contributed by atoms with Crippen LogP contribution in [0.2, 0.25) is 0 Å². The van der Waals surface area contributed by atoms with Gasteiger partial charge in [-0.2, -0.15) is 18.4 Å². The van der Waals surface area contributed by atoms with Crippen LogP contribution in [0.15, 0.2) is 60.7 Å². The van der Waals surface area contributed by atoms with Gasteiger partial charge in [0, 0.05) is 13.0 Å². The van der Waals surface area contributed by atoms with Crippen molar-refractivity contribution >= 4 is 12.0 Å². The Morgan fingerprint density at radius 3 is 2.16 bits per heavy atom. The van der Waals surface area contributed by atoms with E-state index in [-0.39, 0.29) is 32.5 Å². The summed E-state index contributed by atoms with van der Waals surface area (Å²) in [6, 6.07) is 18.1. The Morgan fingerprint density at radius 2 is 1.62 bits per heavy atom. The third kappa shape index (κ3) is 10.5. The molecule has 0 aliphatic heterocycles. The topological polar surface area (TPSA) is 103 Å². The lowest BCUT2D eigenvalue weighted by molar-refractivity contribution is -0.175. The van der Waals surface area contributed by atoms with Crippen LogP contribution in [-0.4, -0.2) is 53.4 Å². The highest BCUT2D eigenvalue weighted by atomic mass is 19.4. The van der Waals surface area contributed by atoms with Crippen LogP contribution in [0, 0.1) is 16.7 Å². The number of aliphatic hydroxyl groups is 1. The third-order valence-corrected chi connectivity index (χ3v) is 5.74. The van der Waals surface area contributed by atoms with Gasteiger partial charge in [0.05, 0.1) is 24.8 Å². The first-order valence-corrected chi connectivity index (χ1v) is 11.8. The van der Waals surface area contributed by atoms with Crippen molar-refractivity contribution in [2.24, 2.45) is 5.41 Å². The van der Waals surface area contributed by atoms with Crippen LogP contribution >= 0.6 is 0 Å². The largest absolute Gasteiger partial charge is 0.471 e. The molecule has 7 nitrogen and oxygen atoms in total. The SMILES string of the molecule is CC(C)(CCC#N)CN(C[C@@H](O)C(Cc1ccccc1)NC(=O)C(F)(F)F)C(=O)OCc1ccccc1. The summed E-state index contributed by atoms with van der Waals surface area (Å²) in [5.74, 6) is -2.18. The number of benzene rings is 2. The van der Waals surface area contributed by atoms with E-state index in [1.807, 2.05) is 25.2 Å². The number of nitriles is 1. The predicted molar refractivity (Wildman–Crippen MR) is 131 cm³/mol. The number of nitrogens with one attached hydrogen (secondary N) is 1. The van der Waals surface area contributed by atoms with Crippen LogP contribution < -0.4 is 5.32 Å². The van der Waals surface area contributed by atoms with E-state index in [9.17, 15) is 27.9 Å². The minimum absolute atomic E-state index is 0.0385. The van der Waals surface area contributed by atoms with Gasteiger partial charge < -0.3 is 20.1 Å². The predicted octanol–water partition coefficient (Wildman–Crippen LogP) is 4.61. The number of rotatable bonds is 12. The molecule has 2 atom stereocenters. The number of carbonyl (C=O) groups excluding carboxylic acids is 2. The van der Waals surface area contributed by atoms with Crippen molar-refractivity contribution in [2.45, 2.75) is 58.0 Å². The Labute approximate surface area is 214 Å². The average molecular weight is 520 g/mol. The Morgan fingerprint density at radius 1 is 1.05 bits per heavy atom. The molecule has 2 amide bonds. The zero-order valence-electron chi connectivity index (χ0n) is 20.9. The van der Waals surface area contributed by atoms with Crippen LogP contribution in [-0.2, 0) is 22.6 Å². The van der Waals surface area contributed by atoms with Gasteiger partial charge in [-0.15, -0.1) is 0 Å². The maximum atomic E-state index is 13.0. The summed E-state index contributed by atoms with van der Waals surface area (Å²) in [6.45, 7) is 3.31. The summed E-state index contributed by atoms with van der Waals surface area (Å²) < 4.78 is 44.4. The van der Waals surface area contributed by atoms with Gasteiger partial charge in [0.15, 0.2) is 0 Å². The maximum Gasteiger partial charge on any atom is 0.471 e. The molecule has 1 unspecified atom stereocenters. The number of alkyl halides is 3. The highest BCUT2D eigenvalue weighted by Gasteiger charge is 2.41. The van der Waals surface area contributed by atoms with Crippen LogP contribution in [0.25, 0.3) is 0 Å². The molecule has 2 rings (SSSR count).